The van der Waals surface area contributed by atoms with Gasteiger partial charge in [0.25, 0.3) is 5.91 Å². The van der Waals surface area contributed by atoms with Crippen LogP contribution in [0.1, 0.15) is 21.6 Å². The Morgan fingerprint density at radius 3 is 2.44 bits per heavy atom. The van der Waals surface area contributed by atoms with E-state index in [0.717, 1.165) is 33.3 Å². The summed E-state index contributed by atoms with van der Waals surface area (Å²) in [6, 6.07) is 19.1. The predicted octanol–water partition coefficient (Wildman–Crippen LogP) is 4.67. The second-order valence-corrected chi connectivity index (χ2v) is 8.13. The normalized spacial score (nSPS) is 12.7. The van der Waals surface area contributed by atoms with Gasteiger partial charge >= 0.3 is 0 Å². The number of rotatable bonds is 6. The van der Waals surface area contributed by atoms with Crippen molar-refractivity contribution in [1.82, 2.24) is 9.88 Å². The summed E-state index contributed by atoms with van der Waals surface area (Å²) in [5.74, 6) is 2.04. The van der Waals surface area contributed by atoms with Gasteiger partial charge in [-0.1, -0.05) is 30.3 Å². The number of ether oxygens (including phenoxy) is 3. The molecule has 4 aromatic rings. The van der Waals surface area contributed by atoms with E-state index >= 15 is 0 Å². The molecule has 1 aliphatic rings. The predicted molar refractivity (Wildman–Crippen MR) is 131 cm³/mol. The molecule has 0 spiro atoms. The monoisotopic (exact) mass is 455 g/mol. The lowest BCUT2D eigenvalue weighted by Crippen LogP contribution is -2.23. The average Bonchev–Trinajstić information content (AvgIpc) is 3.18. The number of hydrogen-bond donors (Lipinski definition) is 1. The van der Waals surface area contributed by atoms with Crippen molar-refractivity contribution in [2.24, 2.45) is 0 Å². The molecule has 0 unspecified atom stereocenters. The molecule has 3 aromatic carbocycles. The summed E-state index contributed by atoms with van der Waals surface area (Å²) in [4.78, 5) is 20.0. The van der Waals surface area contributed by atoms with E-state index in [0.29, 0.717) is 41.5 Å². The summed E-state index contributed by atoms with van der Waals surface area (Å²) >= 11 is 0. The molecule has 7 heteroatoms. The molecule has 0 bridgehead atoms. The summed E-state index contributed by atoms with van der Waals surface area (Å²) in [6.07, 6.45) is 0. The molecule has 0 saturated heterocycles. The highest BCUT2D eigenvalue weighted by Crippen LogP contribution is 2.40. The van der Waals surface area contributed by atoms with Crippen molar-refractivity contribution in [1.29, 1.82) is 0 Å². The molecule has 0 aliphatic carbocycles. The van der Waals surface area contributed by atoms with E-state index < -0.39 is 0 Å². The fourth-order valence-electron chi connectivity index (χ4n) is 4.49. The molecule has 172 valence electrons. The third-order valence-corrected chi connectivity index (χ3v) is 6.18. The van der Waals surface area contributed by atoms with Gasteiger partial charge in [-0.25, -0.2) is 4.98 Å². The standard InChI is InChI=1S/C27H25N3O4/c1-32-17-7-4-6-16(12-17)14-30-15-22-24(27(30)31)25(28)20-9-5-8-19(26(20)29-22)21-13-18(33-2)10-11-23(21)34-3/h4-13H,14-15H2,1-3H3,(H2,28,29). The number of carbonyl (C=O) groups is 1. The maximum absolute atomic E-state index is 13.3. The molecule has 7 nitrogen and oxygen atoms in total. The topological polar surface area (TPSA) is 86.9 Å². The van der Waals surface area contributed by atoms with Crippen LogP contribution in [0.25, 0.3) is 22.0 Å². The van der Waals surface area contributed by atoms with Gasteiger partial charge in [-0.2, -0.15) is 0 Å². The third-order valence-electron chi connectivity index (χ3n) is 6.18. The van der Waals surface area contributed by atoms with Gasteiger partial charge in [-0.3, -0.25) is 4.79 Å². The smallest absolute Gasteiger partial charge is 0.258 e. The van der Waals surface area contributed by atoms with Gasteiger partial charge in [0.05, 0.1) is 50.3 Å². The lowest BCUT2D eigenvalue weighted by atomic mass is 9.98. The maximum Gasteiger partial charge on any atom is 0.258 e. The average molecular weight is 456 g/mol. The van der Waals surface area contributed by atoms with E-state index in [9.17, 15) is 4.79 Å². The Labute approximate surface area is 197 Å². The molecule has 1 aromatic heterocycles. The van der Waals surface area contributed by atoms with Crippen molar-refractivity contribution >= 4 is 22.5 Å². The lowest BCUT2D eigenvalue weighted by molar-refractivity contribution is 0.0767. The van der Waals surface area contributed by atoms with E-state index in [2.05, 4.69) is 0 Å². The number of carbonyl (C=O) groups excluding carboxylic acids is 1. The molecule has 0 fully saturated rings. The highest BCUT2D eigenvalue weighted by atomic mass is 16.5. The largest absolute Gasteiger partial charge is 0.497 e. The minimum absolute atomic E-state index is 0.117. The Bertz CT molecular complexity index is 1420. The van der Waals surface area contributed by atoms with Gasteiger partial charge in [0.2, 0.25) is 0 Å². The molecule has 1 aliphatic heterocycles. The Hall–Kier alpha value is -4.26. The summed E-state index contributed by atoms with van der Waals surface area (Å²) in [5.41, 5.74) is 11.6. The number of anilines is 1. The minimum Gasteiger partial charge on any atom is -0.497 e. The Morgan fingerprint density at radius 2 is 1.68 bits per heavy atom. The fraction of sp³-hybridized carbons (Fsp3) is 0.185. The SMILES string of the molecule is COc1cccc(CN2Cc3nc4c(-c5cc(OC)ccc5OC)cccc4c(N)c3C2=O)c1. The number of aromatic nitrogens is 1. The number of para-hydroxylation sites is 1. The summed E-state index contributed by atoms with van der Waals surface area (Å²) in [5, 5.41) is 0.734. The first kappa shape index (κ1) is 21.6. The summed E-state index contributed by atoms with van der Waals surface area (Å²) in [6.45, 7) is 0.827. The second-order valence-electron chi connectivity index (χ2n) is 8.13. The van der Waals surface area contributed by atoms with Crippen LogP contribution in [0.3, 0.4) is 0 Å². The Kier molecular flexibility index (Phi) is 5.45. The van der Waals surface area contributed by atoms with Gasteiger partial charge in [-0.15, -0.1) is 0 Å². The zero-order chi connectivity index (χ0) is 23.8. The van der Waals surface area contributed by atoms with Crippen molar-refractivity contribution in [2.45, 2.75) is 13.1 Å². The number of nitrogens with two attached hydrogens (primary N) is 1. The van der Waals surface area contributed by atoms with E-state index in [4.69, 9.17) is 24.9 Å². The maximum atomic E-state index is 13.3. The summed E-state index contributed by atoms with van der Waals surface area (Å²) in [7, 11) is 4.88. The van der Waals surface area contributed by atoms with Gasteiger partial charge in [0.15, 0.2) is 0 Å². The number of pyridine rings is 1. The highest BCUT2D eigenvalue weighted by molar-refractivity contribution is 6.11. The van der Waals surface area contributed by atoms with Crippen molar-refractivity contribution in [3.8, 4) is 28.4 Å². The number of methoxy groups -OCH3 is 3. The van der Waals surface area contributed by atoms with Crippen LogP contribution < -0.4 is 19.9 Å². The van der Waals surface area contributed by atoms with Crippen LogP contribution >= 0.6 is 0 Å². The number of amides is 1. The van der Waals surface area contributed by atoms with Crippen LogP contribution in [-0.4, -0.2) is 37.1 Å². The van der Waals surface area contributed by atoms with E-state index in [1.165, 1.54) is 0 Å². The zero-order valence-electron chi connectivity index (χ0n) is 19.3. The first-order valence-electron chi connectivity index (χ1n) is 10.9. The molecule has 2 heterocycles. The van der Waals surface area contributed by atoms with E-state index in [-0.39, 0.29) is 5.91 Å². The molecular formula is C27H25N3O4. The summed E-state index contributed by atoms with van der Waals surface area (Å²) < 4.78 is 16.3. The molecule has 0 radical (unpaired) electrons. The van der Waals surface area contributed by atoms with Crippen LogP contribution in [0.15, 0.2) is 60.7 Å². The third kappa shape index (κ3) is 3.55. The molecule has 2 N–H and O–H groups in total. The van der Waals surface area contributed by atoms with Crippen LogP contribution in [0.2, 0.25) is 0 Å². The fourth-order valence-corrected chi connectivity index (χ4v) is 4.49. The minimum atomic E-state index is -0.117. The Morgan fingerprint density at radius 1 is 0.912 bits per heavy atom. The second kappa shape index (κ2) is 8.59. The van der Waals surface area contributed by atoms with Crippen LogP contribution in [0, 0.1) is 0 Å². The quantitative estimate of drug-likeness (QED) is 0.455. The van der Waals surface area contributed by atoms with Crippen LogP contribution in [-0.2, 0) is 13.1 Å². The highest BCUT2D eigenvalue weighted by Gasteiger charge is 2.32. The molecule has 0 atom stereocenters. The zero-order valence-corrected chi connectivity index (χ0v) is 19.3. The first-order valence-corrected chi connectivity index (χ1v) is 10.9. The van der Waals surface area contributed by atoms with Gasteiger partial charge in [0, 0.05) is 23.1 Å². The van der Waals surface area contributed by atoms with Gasteiger partial charge in [-0.05, 0) is 35.9 Å². The molecule has 5 rings (SSSR count). The number of benzene rings is 3. The molecule has 0 saturated carbocycles. The Balaban J connectivity index is 1.60. The number of nitrogens with zero attached hydrogens (tertiary/aromatic N) is 2. The van der Waals surface area contributed by atoms with Gasteiger partial charge in [0.1, 0.15) is 17.2 Å². The number of nitrogen functional groups attached to an aromatic ring is 1. The first-order chi connectivity index (χ1) is 16.5. The number of fused-ring (bicyclic) bond motifs is 2. The lowest BCUT2D eigenvalue weighted by Gasteiger charge is -2.15. The van der Waals surface area contributed by atoms with E-state index in [1.54, 1.807) is 26.2 Å². The van der Waals surface area contributed by atoms with Crippen LogP contribution in [0.5, 0.6) is 17.2 Å². The van der Waals surface area contributed by atoms with Crippen molar-refractivity contribution < 1.29 is 19.0 Å². The van der Waals surface area contributed by atoms with Crippen molar-refractivity contribution in [2.75, 3.05) is 27.1 Å². The number of hydrogen-bond acceptors (Lipinski definition) is 6. The van der Waals surface area contributed by atoms with Crippen LogP contribution in [0.4, 0.5) is 5.69 Å². The van der Waals surface area contributed by atoms with E-state index in [1.807, 2.05) is 60.7 Å². The molecular weight excluding hydrogens is 430 g/mol. The molecule has 34 heavy (non-hydrogen) atoms. The molecule has 1 amide bonds. The van der Waals surface area contributed by atoms with Crippen molar-refractivity contribution in [3.05, 3.63) is 77.5 Å². The van der Waals surface area contributed by atoms with Gasteiger partial charge < -0.3 is 24.8 Å². The van der Waals surface area contributed by atoms with Crippen molar-refractivity contribution in [3.63, 3.8) is 0 Å².